The molecule has 0 saturated heterocycles. The number of amides is 1. The lowest BCUT2D eigenvalue weighted by molar-refractivity contribution is -0.143. The number of carbonyl (C=O) groups is 2. The van der Waals surface area contributed by atoms with Crippen molar-refractivity contribution < 1.29 is 19.4 Å². The highest BCUT2D eigenvalue weighted by molar-refractivity contribution is 5.70. The average molecular weight is 269 g/mol. The van der Waals surface area contributed by atoms with Crippen molar-refractivity contribution in [1.82, 2.24) is 4.90 Å². The Labute approximate surface area is 114 Å². The molecule has 5 nitrogen and oxygen atoms in total. The Morgan fingerprint density at radius 3 is 2.47 bits per heavy atom. The molecule has 5 heteroatoms. The first kappa shape index (κ1) is 15.5. The molecule has 0 atom stereocenters. The third kappa shape index (κ3) is 4.93. The number of hydrogen-bond donors (Lipinski definition) is 1. The zero-order valence-electron chi connectivity index (χ0n) is 11.5. The van der Waals surface area contributed by atoms with Crippen LogP contribution in [0, 0.1) is 11.8 Å². The molecule has 1 fully saturated rings. The van der Waals surface area contributed by atoms with Crippen LogP contribution in [-0.4, -0.2) is 41.8 Å². The van der Waals surface area contributed by atoms with Gasteiger partial charge in [-0.1, -0.05) is 12.7 Å². The molecular weight excluding hydrogens is 246 g/mol. The van der Waals surface area contributed by atoms with Crippen LogP contribution in [0.3, 0.4) is 0 Å². The molecule has 1 rings (SSSR count). The second-order valence-electron chi connectivity index (χ2n) is 4.96. The molecule has 0 aromatic rings. The predicted octanol–water partition coefficient (Wildman–Crippen LogP) is 2.52. The molecule has 1 aliphatic carbocycles. The Hall–Kier alpha value is -1.52. The van der Waals surface area contributed by atoms with E-state index in [0.29, 0.717) is 31.8 Å². The van der Waals surface area contributed by atoms with E-state index in [1.165, 1.54) is 0 Å². The molecule has 108 valence electrons. The molecule has 19 heavy (non-hydrogen) atoms. The lowest BCUT2D eigenvalue weighted by Crippen LogP contribution is -2.37. The fourth-order valence-corrected chi connectivity index (χ4v) is 2.46. The van der Waals surface area contributed by atoms with Crippen molar-refractivity contribution >= 4 is 12.1 Å². The topological polar surface area (TPSA) is 66.8 Å². The molecule has 0 spiro atoms. The van der Waals surface area contributed by atoms with Gasteiger partial charge in [0.1, 0.15) is 6.61 Å². The summed E-state index contributed by atoms with van der Waals surface area (Å²) >= 11 is 0. The second kappa shape index (κ2) is 7.81. The highest BCUT2D eigenvalue weighted by Crippen LogP contribution is 2.29. The van der Waals surface area contributed by atoms with Crippen molar-refractivity contribution in [2.24, 2.45) is 11.8 Å². The van der Waals surface area contributed by atoms with Gasteiger partial charge in [0.05, 0.1) is 5.92 Å². The first-order chi connectivity index (χ1) is 9.08. The first-order valence-corrected chi connectivity index (χ1v) is 6.83. The van der Waals surface area contributed by atoms with Gasteiger partial charge in [-0.25, -0.2) is 4.79 Å². The van der Waals surface area contributed by atoms with E-state index in [2.05, 4.69) is 6.58 Å². The van der Waals surface area contributed by atoms with Gasteiger partial charge in [0, 0.05) is 13.1 Å². The number of nitrogens with zero attached hydrogens (tertiary/aromatic N) is 1. The second-order valence-corrected chi connectivity index (χ2v) is 4.96. The number of ether oxygens (including phenoxy) is 1. The number of aliphatic carboxylic acids is 1. The van der Waals surface area contributed by atoms with Crippen LogP contribution in [-0.2, 0) is 9.53 Å². The number of hydrogen-bond acceptors (Lipinski definition) is 3. The highest BCUT2D eigenvalue weighted by Gasteiger charge is 2.28. The van der Waals surface area contributed by atoms with Crippen LogP contribution in [0.2, 0.25) is 0 Å². The Balaban J connectivity index is 2.38. The molecule has 1 amide bonds. The van der Waals surface area contributed by atoms with Gasteiger partial charge in [-0.2, -0.15) is 0 Å². The summed E-state index contributed by atoms with van der Waals surface area (Å²) in [4.78, 5) is 24.3. The molecule has 1 N–H and O–H groups in total. The number of carbonyl (C=O) groups excluding carboxylic acids is 1. The summed E-state index contributed by atoms with van der Waals surface area (Å²) in [5.41, 5.74) is 0. The monoisotopic (exact) mass is 269 g/mol. The summed E-state index contributed by atoms with van der Waals surface area (Å²) < 4.78 is 5.02. The molecule has 1 aliphatic rings. The summed E-state index contributed by atoms with van der Waals surface area (Å²) in [6.45, 7) is 6.90. The van der Waals surface area contributed by atoms with Gasteiger partial charge in [0.25, 0.3) is 0 Å². The van der Waals surface area contributed by atoms with Crippen LogP contribution < -0.4 is 0 Å². The van der Waals surface area contributed by atoms with Crippen LogP contribution in [0.4, 0.5) is 4.79 Å². The van der Waals surface area contributed by atoms with E-state index in [-0.39, 0.29) is 18.6 Å². The first-order valence-electron chi connectivity index (χ1n) is 6.83. The summed E-state index contributed by atoms with van der Waals surface area (Å²) in [6, 6.07) is 0. The zero-order chi connectivity index (χ0) is 14.3. The molecule has 0 unspecified atom stereocenters. The Morgan fingerprint density at radius 1 is 1.37 bits per heavy atom. The van der Waals surface area contributed by atoms with Crippen molar-refractivity contribution in [3.63, 3.8) is 0 Å². The standard InChI is InChI=1S/C14H23NO4/c1-3-9-19-14(18)15(4-2)10-11-5-7-12(8-6-11)13(16)17/h3,11-12H,1,4-10H2,2H3,(H,16,17). The van der Waals surface area contributed by atoms with Crippen molar-refractivity contribution in [2.45, 2.75) is 32.6 Å². The Morgan fingerprint density at radius 2 is 2.00 bits per heavy atom. The third-order valence-corrected chi connectivity index (χ3v) is 3.64. The minimum Gasteiger partial charge on any atom is -0.481 e. The normalized spacial score (nSPS) is 22.6. The minimum absolute atomic E-state index is 0.209. The van der Waals surface area contributed by atoms with Gasteiger partial charge < -0.3 is 14.7 Å². The molecule has 0 radical (unpaired) electrons. The van der Waals surface area contributed by atoms with E-state index in [0.717, 1.165) is 12.8 Å². The number of carboxylic acids is 1. The zero-order valence-corrected chi connectivity index (χ0v) is 11.5. The van der Waals surface area contributed by atoms with E-state index in [1.54, 1.807) is 11.0 Å². The maximum atomic E-state index is 11.7. The van der Waals surface area contributed by atoms with Crippen molar-refractivity contribution in [3.8, 4) is 0 Å². The van der Waals surface area contributed by atoms with Crippen molar-refractivity contribution in [1.29, 1.82) is 0 Å². The van der Waals surface area contributed by atoms with Gasteiger partial charge in [0.15, 0.2) is 0 Å². The largest absolute Gasteiger partial charge is 0.481 e. The molecule has 0 aliphatic heterocycles. The molecular formula is C14H23NO4. The van der Waals surface area contributed by atoms with Crippen LogP contribution >= 0.6 is 0 Å². The fourth-order valence-electron chi connectivity index (χ4n) is 2.46. The molecule has 1 saturated carbocycles. The molecule has 0 aromatic heterocycles. The molecule has 0 aromatic carbocycles. The van der Waals surface area contributed by atoms with E-state index in [9.17, 15) is 9.59 Å². The Bertz CT molecular complexity index is 321. The van der Waals surface area contributed by atoms with E-state index in [4.69, 9.17) is 9.84 Å². The fraction of sp³-hybridized carbons (Fsp3) is 0.714. The lowest BCUT2D eigenvalue weighted by atomic mass is 9.82. The van der Waals surface area contributed by atoms with Gasteiger partial charge >= 0.3 is 12.1 Å². The minimum atomic E-state index is -0.698. The summed E-state index contributed by atoms with van der Waals surface area (Å²) in [5.74, 6) is -0.526. The quantitative estimate of drug-likeness (QED) is 0.752. The number of rotatable bonds is 6. The van der Waals surface area contributed by atoms with Gasteiger partial charge in [-0.15, -0.1) is 0 Å². The molecule has 0 heterocycles. The van der Waals surface area contributed by atoms with Crippen LogP contribution in [0.1, 0.15) is 32.6 Å². The van der Waals surface area contributed by atoms with Crippen LogP contribution in [0.25, 0.3) is 0 Å². The summed E-state index contributed by atoms with van der Waals surface area (Å²) in [7, 11) is 0. The predicted molar refractivity (Wildman–Crippen MR) is 71.9 cm³/mol. The van der Waals surface area contributed by atoms with E-state index >= 15 is 0 Å². The van der Waals surface area contributed by atoms with Crippen molar-refractivity contribution in [3.05, 3.63) is 12.7 Å². The SMILES string of the molecule is C=CCOC(=O)N(CC)CC1CCC(C(=O)O)CC1. The molecule has 0 bridgehead atoms. The van der Waals surface area contributed by atoms with Crippen LogP contribution in [0.15, 0.2) is 12.7 Å². The van der Waals surface area contributed by atoms with Gasteiger partial charge in [0.2, 0.25) is 0 Å². The highest BCUT2D eigenvalue weighted by atomic mass is 16.6. The summed E-state index contributed by atoms with van der Waals surface area (Å²) in [6.07, 6.45) is 4.37. The van der Waals surface area contributed by atoms with Gasteiger partial charge in [-0.3, -0.25) is 4.79 Å². The van der Waals surface area contributed by atoms with E-state index in [1.807, 2.05) is 6.92 Å². The smallest absolute Gasteiger partial charge is 0.410 e. The maximum Gasteiger partial charge on any atom is 0.410 e. The van der Waals surface area contributed by atoms with Crippen LogP contribution in [0.5, 0.6) is 0 Å². The average Bonchev–Trinajstić information content (AvgIpc) is 2.42. The van der Waals surface area contributed by atoms with Gasteiger partial charge in [-0.05, 0) is 38.5 Å². The lowest BCUT2D eigenvalue weighted by Gasteiger charge is -2.30. The Kier molecular flexibility index (Phi) is 6.39. The van der Waals surface area contributed by atoms with E-state index < -0.39 is 5.97 Å². The number of carboxylic acid groups (broad SMARTS) is 1. The van der Waals surface area contributed by atoms with Crippen molar-refractivity contribution in [2.75, 3.05) is 19.7 Å². The summed E-state index contributed by atoms with van der Waals surface area (Å²) in [5, 5.41) is 8.94. The third-order valence-electron chi connectivity index (χ3n) is 3.64. The maximum absolute atomic E-state index is 11.7.